The lowest BCUT2D eigenvalue weighted by molar-refractivity contribution is -0.118. The Bertz CT molecular complexity index is 448. The summed E-state index contributed by atoms with van der Waals surface area (Å²) in [4.78, 5) is 23.9. The van der Waals surface area contributed by atoms with Gasteiger partial charge in [-0.3, -0.25) is 9.59 Å². The van der Waals surface area contributed by atoms with E-state index in [1.54, 1.807) is 6.92 Å². The van der Waals surface area contributed by atoms with Crippen molar-refractivity contribution in [1.82, 2.24) is 4.90 Å². The first kappa shape index (κ1) is 13.0. The highest BCUT2D eigenvalue weighted by Gasteiger charge is 2.16. The molecule has 1 aromatic rings. The van der Waals surface area contributed by atoms with Crippen molar-refractivity contribution in [2.45, 2.75) is 6.92 Å². The second-order valence-electron chi connectivity index (χ2n) is 3.52. The number of likely N-dealkylation sites (N-methyl/N-ethyl adjacent to an activating group) is 1. The molecule has 0 spiro atoms. The predicted molar refractivity (Wildman–Crippen MR) is 61.6 cm³/mol. The van der Waals surface area contributed by atoms with Crippen molar-refractivity contribution >= 4 is 17.5 Å². The minimum atomic E-state index is -0.661. The smallest absolute Gasteiger partial charge is 0.254 e. The van der Waals surface area contributed by atoms with Crippen LogP contribution in [0.2, 0.25) is 0 Å². The van der Waals surface area contributed by atoms with Crippen LogP contribution in [-0.2, 0) is 4.79 Å². The fourth-order valence-electron chi connectivity index (χ4n) is 1.36. The quantitative estimate of drug-likeness (QED) is 0.743. The molecule has 0 bridgehead atoms. The highest BCUT2D eigenvalue weighted by Crippen LogP contribution is 2.13. The van der Waals surface area contributed by atoms with Crippen LogP contribution in [0, 0.1) is 5.82 Å². The molecule has 0 saturated heterocycles. The van der Waals surface area contributed by atoms with Crippen molar-refractivity contribution in [1.29, 1.82) is 0 Å². The van der Waals surface area contributed by atoms with Gasteiger partial charge in [0.15, 0.2) is 0 Å². The second-order valence-corrected chi connectivity index (χ2v) is 3.52. The van der Waals surface area contributed by atoms with Gasteiger partial charge in [-0.2, -0.15) is 0 Å². The Morgan fingerprint density at radius 3 is 2.53 bits per heavy atom. The highest BCUT2D eigenvalue weighted by molar-refractivity contribution is 5.96. The van der Waals surface area contributed by atoms with Crippen molar-refractivity contribution in [3.8, 4) is 0 Å². The fraction of sp³-hybridized carbons (Fsp3) is 0.273. The molecule has 5 nitrogen and oxygen atoms in total. The highest BCUT2D eigenvalue weighted by atomic mass is 19.1. The van der Waals surface area contributed by atoms with E-state index in [1.807, 2.05) is 0 Å². The molecule has 17 heavy (non-hydrogen) atoms. The number of anilines is 1. The van der Waals surface area contributed by atoms with Crippen LogP contribution in [0.5, 0.6) is 0 Å². The predicted octanol–water partition coefficient (Wildman–Crippen LogP) is 0.355. The number of halogens is 1. The van der Waals surface area contributed by atoms with E-state index in [-0.39, 0.29) is 17.8 Å². The molecule has 1 aromatic carbocycles. The first-order chi connectivity index (χ1) is 7.95. The van der Waals surface area contributed by atoms with Gasteiger partial charge in [-0.25, -0.2) is 4.39 Å². The van der Waals surface area contributed by atoms with E-state index in [4.69, 9.17) is 11.5 Å². The van der Waals surface area contributed by atoms with Gasteiger partial charge in [0, 0.05) is 12.1 Å². The van der Waals surface area contributed by atoms with Gasteiger partial charge >= 0.3 is 0 Å². The van der Waals surface area contributed by atoms with Crippen LogP contribution in [0.3, 0.4) is 0 Å². The van der Waals surface area contributed by atoms with Gasteiger partial charge in [-0.15, -0.1) is 0 Å². The Morgan fingerprint density at radius 1 is 1.41 bits per heavy atom. The number of benzene rings is 1. The minimum absolute atomic E-state index is 0.0282. The third kappa shape index (κ3) is 3.17. The number of carbonyl (C=O) groups excluding carboxylic acids is 2. The van der Waals surface area contributed by atoms with Gasteiger partial charge < -0.3 is 16.4 Å². The maximum absolute atomic E-state index is 13.2. The zero-order valence-electron chi connectivity index (χ0n) is 9.44. The number of hydrogen-bond acceptors (Lipinski definition) is 3. The van der Waals surface area contributed by atoms with Crippen LogP contribution >= 0.6 is 0 Å². The summed E-state index contributed by atoms with van der Waals surface area (Å²) in [6.07, 6.45) is 0. The molecular weight excluding hydrogens is 225 g/mol. The Balaban J connectivity index is 2.93. The third-order valence-corrected chi connectivity index (χ3v) is 2.26. The van der Waals surface area contributed by atoms with Gasteiger partial charge in [0.25, 0.3) is 5.91 Å². The number of hydrogen-bond donors (Lipinski definition) is 2. The number of nitrogen functional groups attached to an aromatic ring is 1. The van der Waals surface area contributed by atoms with E-state index < -0.39 is 17.6 Å². The second kappa shape index (κ2) is 5.29. The van der Waals surface area contributed by atoms with Crippen molar-refractivity contribution in [3.05, 3.63) is 29.6 Å². The van der Waals surface area contributed by atoms with Crippen molar-refractivity contribution in [2.75, 3.05) is 18.8 Å². The summed E-state index contributed by atoms with van der Waals surface area (Å²) in [5.74, 6) is -1.73. The lowest BCUT2D eigenvalue weighted by atomic mass is 10.1. The maximum atomic E-state index is 13.2. The number of primary amides is 1. The topological polar surface area (TPSA) is 89.4 Å². The molecule has 6 heteroatoms. The van der Waals surface area contributed by atoms with E-state index in [9.17, 15) is 14.0 Å². The molecule has 0 radical (unpaired) electrons. The zero-order chi connectivity index (χ0) is 13.0. The summed E-state index contributed by atoms with van der Waals surface area (Å²) in [5.41, 5.74) is 10.4. The molecule has 92 valence electrons. The molecule has 0 aliphatic heterocycles. The molecule has 0 saturated carbocycles. The van der Waals surface area contributed by atoms with Crippen LogP contribution in [0.1, 0.15) is 17.3 Å². The Labute approximate surface area is 98.2 Å². The van der Waals surface area contributed by atoms with Gasteiger partial charge in [0.1, 0.15) is 5.82 Å². The first-order valence-electron chi connectivity index (χ1n) is 5.08. The van der Waals surface area contributed by atoms with E-state index in [0.717, 1.165) is 6.07 Å². The van der Waals surface area contributed by atoms with Crippen LogP contribution in [-0.4, -0.2) is 29.8 Å². The molecule has 0 unspecified atom stereocenters. The lowest BCUT2D eigenvalue weighted by Gasteiger charge is -2.19. The third-order valence-electron chi connectivity index (χ3n) is 2.26. The SMILES string of the molecule is CCN(CC(N)=O)C(=O)c1ccc(N)c(F)c1. The molecule has 0 aliphatic carbocycles. The molecular formula is C11H14FN3O2. The average Bonchev–Trinajstić information content (AvgIpc) is 2.28. The van der Waals surface area contributed by atoms with Gasteiger partial charge in [0.2, 0.25) is 5.91 Å². The summed E-state index contributed by atoms with van der Waals surface area (Å²) in [5, 5.41) is 0. The molecule has 4 N–H and O–H groups in total. The van der Waals surface area contributed by atoms with E-state index in [2.05, 4.69) is 0 Å². The lowest BCUT2D eigenvalue weighted by Crippen LogP contribution is -2.38. The summed E-state index contributed by atoms with van der Waals surface area (Å²) in [7, 11) is 0. The fourth-order valence-corrected chi connectivity index (χ4v) is 1.36. The summed E-state index contributed by atoms with van der Waals surface area (Å²) in [6, 6.07) is 3.76. The van der Waals surface area contributed by atoms with Crippen LogP contribution in [0.25, 0.3) is 0 Å². The van der Waals surface area contributed by atoms with Crippen molar-refractivity contribution in [2.24, 2.45) is 5.73 Å². The van der Waals surface area contributed by atoms with Crippen LogP contribution in [0.4, 0.5) is 10.1 Å². The Kier molecular flexibility index (Phi) is 4.03. The van der Waals surface area contributed by atoms with Gasteiger partial charge in [0.05, 0.1) is 12.2 Å². The molecule has 0 atom stereocenters. The van der Waals surface area contributed by atoms with E-state index in [1.165, 1.54) is 17.0 Å². The number of nitrogens with zero attached hydrogens (tertiary/aromatic N) is 1. The zero-order valence-corrected chi connectivity index (χ0v) is 9.44. The molecule has 2 amide bonds. The van der Waals surface area contributed by atoms with Gasteiger partial charge in [-0.05, 0) is 25.1 Å². The van der Waals surface area contributed by atoms with Crippen LogP contribution in [0.15, 0.2) is 18.2 Å². The number of carbonyl (C=O) groups is 2. The van der Waals surface area contributed by atoms with Crippen molar-refractivity contribution in [3.63, 3.8) is 0 Å². The first-order valence-corrected chi connectivity index (χ1v) is 5.08. The number of nitrogens with two attached hydrogens (primary N) is 2. The molecule has 0 fully saturated rings. The maximum Gasteiger partial charge on any atom is 0.254 e. The molecule has 0 aliphatic rings. The normalized spacial score (nSPS) is 10.0. The largest absolute Gasteiger partial charge is 0.396 e. The monoisotopic (exact) mass is 239 g/mol. The van der Waals surface area contributed by atoms with Gasteiger partial charge in [-0.1, -0.05) is 0 Å². The van der Waals surface area contributed by atoms with Crippen LogP contribution < -0.4 is 11.5 Å². The Hall–Kier alpha value is -2.11. The standard InChI is InChI=1S/C11H14FN3O2/c1-2-15(6-10(14)16)11(17)7-3-4-9(13)8(12)5-7/h3-5H,2,6,13H2,1H3,(H2,14,16). The molecule has 0 heterocycles. The summed E-state index contributed by atoms with van der Waals surface area (Å²) in [6.45, 7) is 1.82. The van der Waals surface area contributed by atoms with E-state index in [0.29, 0.717) is 6.54 Å². The molecule has 1 rings (SSSR count). The summed E-state index contributed by atoms with van der Waals surface area (Å²) < 4.78 is 13.2. The average molecular weight is 239 g/mol. The number of amides is 2. The minimum Gasteiger partial charge on any atom is -0.396 e. The van der Waals surface area contributed by atoms with Crippen molar-refractivity contribution < 1.29 is 14.0 Å². The summed E-state index contributed by atoms with van der Waals surface area (Å²) >= 11 is 0. The van der Waals surface area contributed by atoms with E-state index >= 15 is 0 Å². The molecule has 0 aromatic heterocycles. The Morgan fingerprint density at radius 2 is 2.06 bits per heavy atom. The number of rotatable bonds is 4.